The molecular weight excluding hydrogens is 222 g/mol. The van der Waals surface area contributed by atoms with Gasteiger partial charge in [-0.05, 0) is 48.7 Å². The Labute approximate surface area is 107 Å². The number of nitrogens with zero attached hydrogens (tertiary/aromatic N) is 1. The van der Waals surface area contributed by atoms with Crippen LogP contribution in [0.15, 0.2) is 36.4 Å². The average Bonchev–Trinajstić information content (AvgIpc) is 2.91. The molecular formula is C16H17NO. The molecule has 0 spiro atoms. The van der Waals surface area contributed by atoms with Crippen LogP contribution in [0.5, 0.6) is 0 Å². The first kappa shape index (κ1) is 11.3. The first-order chi connectivity index (χ1) is 8.74. The molecule has 0 saturated carbocycles. The van der Waals surface area contributed by atoms with Crippen molar-refractivity contribution in [3.8, 4) is 0 Å². The third kappa shape index (κ3) is 1.99. The molecule has 1 saturated heterocycles. The van der Waals surface area contributed by atoms with Crippen molar-refractivity contribution in [2.75, 3.05) is 18.0 Å². The van der Waals surface area contributed by atoms with E-state index >= 15 is 0 Å². The molecule has 0 aliphatic carbocycles. The molecule has 3 rings (SSSR count). The lowest BCUT2D eigenvalue weighted by atomic mass is 10.0. The van der Waals surface area contributed by atoms with Gasteiger partial charge in [0.1, 0.15) is 0 Å². The van der Waals surface area contributed by atoms with E-state index < -0.39 is 0 Å². The molecule has 0 atom stereocenters. The Morgan fingerprint density at radius 3 is 2.39 bits per heavy atom. The highest BCUT2D eigenvalue weighted by molar-refractivity contribution is 5.99. The van der Waals surface area contributed by atoms with Gasteiger partial charge >= 0.3 is 0 Å². The highest BCUT2D eigenvalue weighted by atomic mass is 16.1. The number of carbonyl (C=O) groups excluding carboxylic acids is 1. The maximum absolute atomic E-state index is 11.4. The van der Waals surface area contributed by atoms with E-state index in [2.05, 4.69) is 23.1 Å². The van der Waals surface area contributed by atoms with Crippen LogP contribution in [0.1, 0.15) is 30.1 Å². The van der Waals surface area contributed by atoms with E-state index in [0.29, 0.717) is 0 Å². The number of benzene rings is 2. The fourth-order valence-electron chi connectivity index (χ4n) is 2.62. The molecule has 1 aliphatic heterocycles. The van der Waals surface area contributed by atoms with Crippen molar-refractivity contribution >= 4 is 22.2 Å². The lowest BCUT2D eigenvalue weighted by Gasteiger charge is -2.18. The molecule has 0 aromatic heterocycles. The van der Waals surface area contributed by atoms with E-state index in [1.54, 1.807) is 6.92 Å². The fourth-order valence-corrected chi connectivity index (χ4v) is 2.62. The lowest BCUT2D eigenvalue weighted by molar-refractivity contribution is 0.101. The van der Waals surface area contributed by atoms with Crippen LogP contribution >= 0.6 is 0 Å². The molecule has 2 aromatic rings. The van der Waals surface area contributed by atoms with Crippen molar-refractivity contribution in [2.24, 2.45) is 0 Å². The highest BCUT2D eigenvalue weighted by Gasteiger charge is 2.12. The largest absolute Gasteiger partial charge is 0.372 e. The van der Waals surface area contributed by atoms with Crippen LogP contribution < -0.4 is 4.90 Å². The van der Waals surface area contributed by atoms with E-state index in [0.717, 1.165) is 24.0 Å². The molecule has 2 aromatic carbocycles. The molecule has 2 heteroatoms. The topological polar surface area (TPSA) is 20.3 Å². The number of carbonyl (C=O) groups is 1. The SMILES string of the molecule is CC(=O)c1ccc2cc(N3CCCC3)ccc2c1. The normalized spacial score (nSPS) is 15.3. The number of fused-ring (bicyclic) bond motifs is 1. The van der Waals surface area contributed by atoms with Gasteiger partial charge in [0.2, 0.25) is 0 Å². The second-order valence-electron chi connectivity index (χ2n) is 5.00. The molecule has 0 amide bonds. The van der Waals surface area contributed by atoms with Gasteiger partial charge in [-0.1, -0.05) is 18.2 Å². The summed E-state index contributed by atoms with van der Waals surface area (Å²) < 4.78 is 0. The van der Waals surface area contributed by atoms with Crippen LogP contribution in [0.25, 0.3) is 10.8 Å². The summed E-state index contributed by atoms with van der Waals surface area (Å²) >= 11 is 0. The monoisotopic (exact) mass is 239 g/mol. The summed E-state index contributed by atoms with van der Waals surface area (Å²) in [6, 6.07) is 12.5. The van der Waals surface area contributed by atoms with E-state index in [9.17, 15) is 4.79 Å². The molecule has 0 N–H and O–H groups in total. The van der Waals surface area contributed by atoms with Crippen LogP contribution in [0.3, 0.4) is 0 Å². The second kappa shape index (κ2) is 4.45. The first-order valence-electron chi connectivity index (χ1n) is 6.54. The van der Waals surface area contributed by atoms with Crippen molar-refractivity contribution in [1.29, 1.82) is 0 Å². The predicted molar refractivity (Wildman–Crippen MR) is 75.4 cm³/mol. The summed E-state index contributed by atoms with van der Waals surface area (Å²) in [7, 11) is 0. The summed E-state index contributed by atoms with van der Waals surface area (Å²) in [5.74, 6) is 0.125. The minimum absolute atomic E-state index is 0.125. The van der Waals surface area contributed by atoms with Crippen molar-refractivity contribution in [3.05, 3.63) is 42.0 Å². The zero-order valence-corrected chi connectivity index (χ0v) is 10.6. The third-order valence-electron chi connectivity index (χ3n) is 3.70. The van der Waals surface area contributed by atoms with Gasteiger partial charge in [0.15, 0.2) is 5.78 Å². The molecule has 2 nitrogen and oxygen atoms in total. The van der Waals surface area contributed by atoms with Crippen LogP contribution in [0.2, 0.25) is 0 Å². The Morgan fingerprint density at radius 2 is 1.67 bits per heavy atom. The number of hydrogen-bond acceptors (Lipinski definition) is 2. The smallest absolute Gasteiger partial charge is 0.159 e. The van der Waals surface area contributed by atoms with Crippen LogP contribution in [-0.2, 0) is 0 Å². The predicted octanol–water partition coefficient (Wildman–Crippen LogP) is 3.64. The molecule has 92 valence electrons. The van der Waals surface area contributed by atoms with Gasteiger partial charge in [0.25, 0.3) is 0 Å². The Balaban J connectivity index is 2.02. The van der Waals surface area contributed by atoms with Gasteiger partial charge in [-0.15, -0.1) is 0 Å². The second-order valence-corrected chi connectivity index (χ2v) is 5.00. The quantitative estimate of drug-likeness (QED) is 0.746. The Morgan fingerprint density at radius 1 is 1.00 bits per heavy atom. The van der Waals surface area contributed by atoms with E-state index in [1.165, 1.54) is 23.9 Å². The molecule has 1 heterocycles. The fraction of sp³-hybridized carbons (Fsp3) is 0.312. The van der Waals surface area contributed by atoms with E-state index in [1.807, 2.05) is 18.2 Å². The Hall–Kier alpha value is -1.83. The van der Waals surface area contributed by atoms with Crippen molar-refractivity contribution in [3.63, 3.8) is 0 Å². The molecule has 0 unspecified atom stereocenters. The summed E-state index contributed by atoms with van der Waals surface area (Å²) in [4.78, 5) is 13.8. The Bertz CT molecular complexity index is 597. The van der Waals surface area contributed by atoms with Crippen LogP contribution in [0, 0.1) is 0 Å². The number of Topliss-reactive ketones (excluding diaryl/α,β-unsaturated/α-hetero) is 1. The number of rotatable bonds is 2. The summed E-state index contributed by atoms with van der Waals surface area (Å²) in [5.41, 5.74) is 2.09. The maximum Gasteiger partial charge on any atom is 0.159 e. The zero-order chi connectivity index (χ0) is 12.5. The van der Waals surface area contributed by atoms with Gasteiger partial charge in [-0.25, -0.2) is 0 Å². The molecule has 0 radical (unpaired) electrons. The maximum atomic E-state index is 11.4. The van der Waals surface area contributed by atoms with Gasteiger partial charge in [-0.3, -0.25) is 4.79 Å². The van der Waals surface area contributed by atoms with Gasteiger partial charge in [-0.2, -0.15) is 0 Å². The lowest BCUT2D eigenvalue weighted by Crippen LogP contribution is -2.17. The van der Waals surface area contributed by atoms with Crippen molar-refractivity contribution in [1.82, 2.24) is 0 Å². The average molecular weight is 239 g/mol. The third-order valence-corrected chi connectivity index (χ3v) is 3.70. The molecule has 1 fully saturated rings. The van der Waals surface area contributed by atoms with E-state index in [4.69, 9.17) is 0 Å². The summed E-state index contributed by atoms with van der Waals surface area (Å²) in [6.45, 7) is 3.94. The minimum Gasteiger partial charge on any atom is -0.372 e. The highest BCUT2D eigenvalue weighted by Crippen LogP contribution is 2.25. The molecule has 18 heavy (non-hydrogen) atoms. The standard InChI is InChI=1S/C16H17NO/c1-12(18)13-4-5-15-11-16(7-6-14(15)10-13)17-8-2-3-9-17/h4-7,10-11H,2-3,8-9H2,1H3. The number of hydrogen-bond donors (Lipinski definition) is 0. The van der Waals surface area contributed by atoms with Crippen molar-refractivity contribution < 1.29 is 4.79 Å². The minimum atomic E-state index is 0.125. The first-order valence-corrected chi connectivity index (χ1v) is 6.54. The molecule has 0 bridgehead atoms. The van der Waals surface area contributed by atoms with Crippen LogP contribution in [-0.4, -0.2) is 18.9 Å². The number of anilines is 1. The van der Waals surface area contributed by atoms with Crippen LogP contribution in [0.4, 0.5) is 5.69 Å². The zero-order valence-electron chi connectivity index (χ0n) is 10.6. The van der Waals surface area contributed by atoms with Gasteiger partial charge in [0, 0.05) is 24.3 Å². The molecule has 1 aliphatic rings. The van der Waals surface area contributed by atoms with Crippen molar-refractivity contribution in [2.45, 2.75) is 19.8 Å². The number of ketones is 1. The Kier molecular flexibility index (Phi) is 2.78. The van der Waals surface area contributed by atoms with E-state index in [-0.39, 0.29) is 5.78 Å². The summed E-state index contributed by atoms with van der Waals surface area (Å²) in [6.07, 6.45) is 2.59. The van der Waals surface area contributed by atoms with Gasteiger partial charge < -0.3 is 4.90 Å². The summed E-state index contributed by atoms with van der Waals surface area (Å²) in [5, 5.41) is 2.36. The van der Waals surface area contributed by atoms with Gasteiger partial charge in [0.05, 0.1) is 0 Å².